The van der Waals surface area contributed by atoms with Gasteiger partial charge in [0.15, 0.2) is 0 Å². The third-order valence-corrected chi connectivity index (χ3v) is 3.80. The van der Waals surface area contributed by atoms with Gasteiger partial charge in [0.1, 0.15) is 0 Å². The zero-order valence-electron chi connectivity index (χ0n) is 11.0. The summed E-state index contributed by atoms with van der Waals surface area (Å²) in [4.78, 5) is 11.0. The fourth-order valence-electron chi connectivity index (χ4n) is 2.62. The standard InChI is InChI=1S/C16H16N2O2/c17-14-6-5-11(16(19)20)8-15(14)18-9-12-7-10-3-1-2-4-13(10)12/h1-6,8,12,18H,7,9,17H2,(H,19,20). The van der Waals surface area contributed by atoms with Crippen LogP contribution < -0.4 is 11.1 Å². The van der Waals surface area contributed by atoms with Crippen molar-refractivity contribution < 1.29 is 9.90 Å². The van der Waals surface area contributed by atoms with E-state index in [1.807, 2.05) is 6.07 Å². The quantitative estimate of drug-likeness (QED) is 0.745. The van der Waals surface area contributed by atoms with Gasteiger partial charge >= 0.3 is 5.97 Å². The van der Waals surface area contributed by atoms with Gasteiger partial charge in [0, 0.05) is 12.5 Å². The number of hydrogen-bond acceptors (Lipinski definition) is 3. The minimum atomic E-state index is -0.943. The first kappa shape index (κ1) is 12.5. The van der Waals surface area contributed by atoms with Crippen molar-refractivity contribution in [1.82, 2.24) is 0 Å². The van der Waals surface area contributed by atoms with E-state index in [1.165, 1.54) is 17.2 Å². The lowest BCUT2D eigenvalue weighted by Crippen LogP contribution is -2.24. The minimum Gasteiger partial charge on any atom is -0.478 e. The van der Waals surface area contributed by atoms with Crippen molar-refractivity contribution >= 4 is 17.3 Å². The van der Waals surface area contributed by atoms with Crippen LogP contribution in [0.3, 0.4) is 0 Å². The van der Waals surface area contributed by atoms with Gasteiger partial charge in [-0.15, -0.1) is 0 Å². The van der Waals surface area contributed by atoms with E-state index in [1.54, 1.807) is 12.1 Å². The smallest absolute Gasteiger partial charge is 0.335 e. The number of fused-ring (bicyclic) bond motifs is 1. The second kappa shape index (κ2) is 4.89. The number of aromatic carboxylic acids is 1. The first-order chi connectivity index (χ1) is 9.65. The van der Waals surface area contributed by atoms with Gasteiger partial charge in [-0.25, -0.2) is 4.79 Å². The molecule has 0 radical (unpaired) electrons. The molecule has 0 aliphatic heterocycles. The Morgan fingerprint density at radius 1 is 1.30 bits per heavy atom. The van der Waals surface area contributed by atoms with Crippen molar-refractivity contribution in [2.75, 3.05) is 17.6 Å². The lowest BCUT2D eigenvalue weighted by Gasteiger charge is -2.30. The summed E-state index contributed by atoms with van der Waals surface area (Å²) < 4.78 is 0. The molecule has 0 aromatic heterocycles. The first-order valence-corrected chi connectivity index (χ1v) is 6.59. The minimum absolute atomic E-state index is 0.246. The van der Waals surface area contributed by atoms with Crippen molar-refractivity contribution in [1.29, 1.82) is 0 Å². The third kappa shape index (κ3) is 2.20. The summed E-state index contributed by atoms with van der Waals surface area (Å²) in [6, 6.07) is 13.1. The Hall–Kier alpha value is -2.49. The van der Waals surface area contributed by atoms with E-state index in [0.29, 0.717) is 17.3 Å². The summed E-state index contributed by atoms with van der Waals surface area (Å²) in [5, 5.41) is 12.3. The SMILES string of the molecule is Nc1ccc(C(=O)O)cc1NCC1Cc2ccccc21. The Morgan fingerprint density at radius 2 is 2.10 bits per heavy atom. The average molecular weight is 268 g/mol. The molecule has 1 unspecified atom stereocenters. The highest BCUT2D eigenvalue weighted by Crippen LogP contribution is 2.35. The molecule has 0 saturated heterocycles. The maximum Gasteiger partial charge on any atom is 0.335 e. The highest BCUT2D eigenvalue weighted by Gasteiger charge is 2.25. The molecule has 4 N–H and O–H groups in total. The largest absolute Gasteiger partial charge is 0.478 e. The Bertz CT molecular complexity index is 667. The van der Waals surface area contributed by atoms with Crippen molar-refractivity contribution in [3.8, 4) is 0 Å². The van der Waals surface area contributed by atoms with Crippen LogP contribution in [0, 0.1) is 0 Å². The van der Waals surface area contributed by atoms with Gasteiger partial charge in [-0.05, 0) is 35.7 Å². The van der Waals surface area contributed by atoms with Crippen LogP contribution in [-0.2, 0) is 6.42 Å². The summed E-state index contributed by atoms with van der Waals surface area (Å²) in [6.45, 7) is 0.768. The van der Waals surface area contributed by atoms with E-state index < -0.39 is 5.97 Å². The molecule has 1 aliphatic rings. The van der Waals surface area contributed by atoms with Gasteiger partial charge in [-0.2, -0.15) is 0 Å². The van der Waals surface area contributed by atoms with Crippen LogP contribution in [0.5, 0.6) is 0 Å². The summed E-state index contributed by atoms with van der Waals surface area (Å²) in [7, 11) is 0. The molecule has 0 fully saturated rings. The maximum atomic E-state index is 11.0. The van der Waals surface area contributed by atoms with Gasteiger partial charge in [0.2, 0.25) is 0 Å². The molecule has 0 bridgehead atoms. The first-order valence-electron chi connectivity index (χ1n) is 6.59. The lowest BCUT2D eigenvalue weighted by atomic mass is 9.77. The highest BCUT2D eigenvalue weighted by atomic mass is 16.4. The Balaban J connectivity index is 1.71. The summed E-state index contributed by atoms with van der Waals surface area (Å²) in [5.41, 5.74) is 10.1. The Morgan fingerprint density at radius 3 is 2.85 bits per heavy atom. The maximum absolute atomic E-state index is 11.0. The van der Waals surface area contributed by atoms with Crippen molar-refractivity contribution in [2.24, 2.45) is 0 Å². The number of anilines is 2. The zero-order chi connectivity index (χ0) is 14.1. The number of nitrogens with two attached hydrogens (primary N) is 1. The topological polar surface area (TPSA) is 75.4 Å². The second-order valence-electron chi connectivity index (χ2n) is 5.09. The molecule has 4 nitrogen and oxygen atoms in total. The monoisotopic (exact) mass is 268 g/mol. The van der Waals surface area contributed by atoms with Crippen LogP contribution >= 0.6 is 0 Å². The second-order valence-corrected chi connectivity index (χ2v) is 5.09. The van der Waals surface area contributed by atoms with Gasteiger partial charge in [0.05, 0.1) is 16.9 Å². The molecule has 20 heavy (non-hydrogen) atoms. The number of rotatable bonds is 4. The molecule has 1 aliphatic carbocycles. The van der Waals surface area contributed by atoms with Crippen LogP contribution in [0.1, 0.15) is 27.4 Å². The molecule has 102 valence electrons. The molecule has 2 aromatic carbocycles. The third-order valence-electron chi connectivity index (χ3n) is 3.80. The van der Waals surface area contributed by atoms with Crippen LogP contribution in [-0.4, -0.2) is 17.6 Å². The number of carbonyl (C=O) groups is 1. The van der Waals surface area contributed by atoms with Crippen LogP contribution in [0.2, 0.25) is 0 Å². The van der Waals surface area contributed by atoms with E-state index in [4.69, 9.17) is 10.8 Å². The summed E-state index contributed by atoms with van der Waals surface area (Å²) >= 11 is 0. The predicted octanol–water partition coefficient (Wildman–Crippen LogP) is 2.72. The lowest BCUT2D eigenvalue weighted by molar-refractivity contribution is 0.0697. The van der Waals surface area contributed by atoms with Gasteiger partial charge in [0.25, 0.3) is 0 Å². The average Bonchev–Trinajstić information content (AvgIpc) is 2.41. The highest BCUT2D eigenvalue weighted by molar-refractivity contribution is 5.90. The van der Waals surface area contributed by atoms with Crippen LogP contribution in [0.25, 0.3) is 0 Å². The zero-order valence-corrected chi connectivity index (χ0v) is 11.0. The molecule has 4 heteroatoms. The van der Waals surface area contributed by atoms with E-state index in [-0.39, 0.29) is 5.56 Å². The molecule has 0 spiro atoms. The van der Waals surface area contributed by atoms with Crippen molar-refractivity contribution in [2.45, 2.75) is 12.3 Å². The molecule has 2 aromatic rings. The number of nitrogens with one attached hydrogen (secondary N) is 1. The van der Waals surface area contributed by atoms with Crippen molar-refractivity contribution in [3.63, 3.8) is 0 Å². The van der Waals surface area contributed by atoms with Crippen LogP contribution in [0.4, 0.5) is 11.4 Å². The number of carboxylic acid groups (broad SMARTS) is 1. The normalized spacial score (nSPS) is 16.1. The fraction of sp³-hybridized carbons (Fsp3) is 0.188. The molecule has 0 amide bonds. The summed E-state index contributed by atoms with van der Waals surface area (Å²) in [5.74, 6) is -0.471. The molecule has 0 saturated carbocycles. The van der Waals surface area contributed by atoms with E-state index in [9.17, 15) is 4.79 Å². The van der Waals surface area contributed by atoms with E-state index in [0.717, 1.165) is 13.0 Å². The molecular formula is C16H16N2O2. The number of hydrogen-bond donors (Lipinski definition) is 3. The Kier molecular flexibility index (Phi) is 3.06. The molecule has 0 heterocycles. The number of carboxylic acids is 1. The van der Waals surface area contributed by atoms with Gasteiger partial charge < -0.3 is 16.2 Å². The van der Waals surface area contributed by atoms with Gasteiger partial charge in [-0.3, -0.25) is 0 Å². The van der Waals surface area contributed by atoms with Gasteiger partial charge in [-0.1, -0.05) is 24.3 Å². The van der Waals surface area contributed by atoms with Crippen LogP contribution in [0.15, 0.2) is 42.5 Å². The fourth-order valence-corrected chi connectivity index (χ4v) is 2.62. The van der Waals surface area contributed by atoms with E-state index >= 15 is 0 Å². The molecule has 1 atom stereocenters. The number of benzene rings is 2. The number of nitrogen functional groups attached to an aromatic ring is 1. The molecular weight excluding hydrogens is 252 g/mol. The van der Waals surface area contributed by atoms with E-state index in [2.05, 4.69) is 23.5 Å². The molecule has 3 rings (SSSR count). The summed E-state index contributed by atoms with van der Waals surface area (Å²) in [6.07, 6.45) is 1.06. The Labute approximate surface area is 117 Å². The van der Waals surface area contributed by atoms with Crippen molar-refractivity contribution in [3.05, 3.63) is 59.2 Å². The predicted molar refractivity (Wildman–Crippen MR) is 79.2 cm³/mol.